The number of hydrogen-bond donors (Lipinski definition) is 1. The molecule has 3 unspecified atom stereocenters. The lowest BCUT2D eigenvalue weighted by Crippen LogP contribution is -2.57. The highest BCUT2D eigenvalue weighted by Crippen LogP contribution is 2.19. The van der Waals surface area contributed by atoms with Gasteiger partial charge in [0.1, 0.15) is 0 Å². The second-order valence-electron chi connectivity index (χ2n) is 9.36. The Morgan fingerprint density at radius 3 is 2.27 bits per heavy atom. The molecular formula is C23H44N6O. The molecule has 3 atom stereocenters. The topological polar surface area (TPSA) is 54.4 Å². The third-order valence-electron chi connectivity index (χ3n) is 7.20. The zero-order chi connectivity index (χ0) is 21.5. The Morgan fingerprint density at radius 2 is 1.63 bits per heavy atom. The van der Waals surface area contributed by atoms with Gasteiger partial charge < -0.3 is 15.1 Å². The Morgan fingerprint density at radius 1 is 0.967 bits per heavy atom. The molecule has 0 aromatic rings. The maximum absolute atomic E-state index is 12.7. The van der Waals surface area contributed by atoms with E-state index in [1.54, 1.807) is 0 Å². The van der Waals surface area contributed by atoms with E-state index in [9.17, 15) is 4.79 Å². The first-order valence-electron chi connectivity index (χ1n) is 12.3. The van der Waals surface area contributed by atoms with Crippen molar-refractivity contribution in [3.05, 3.63) is 0 Å². The molecule has 7 heteroatoms. The minimum atomic E-state index is -0.00890. The van der Waals surface area contributed by atoms with E-state index in [1.807, 2.05) is 4.90 Å². The van der Waals surface area contributed by atoms with Gasteiger partial charge in [-0.2, -0.15) is 0 Å². The van der Waals surface area contributed by atoms with E-state index in [0.29, 0.717) is 18.0 Å². The summed E-state index contributed by atoms with van der Waals surface area (Å²) in [6.45, 7) is 17.4. The molecular weight excluding hydrogens is 376 g/mol. The van der Waals surface area contributed by atoms with E-state index in [1.165, 1.54) is 25.8 Å². The number of carbonyl (C=O) groups excluding carboxylic acids is 1. The first-order valence-corrected chi connectivity index (χ1v) is 12.3. The van der Waals surface area contributed by atoms with Crippen molar-refractivity contribution < 1.29 is 4.79 Å². The van der Waals surface area contributed by atoms with E-state index in [0.717, 1.165) is 71.2 Å². The van der Waals surface area contributed by atoms with Gasteiger partial charge in [0.2, 0.25) is 5.91 Å². The molecule has 1 amide bonds. The second kappa shape index (κ2) is 11.3. The van der Waals surface area contributed by atoms with Crippen molar-refractivity contribution in [2.75, 3.05) is 58.9 Å². The van der Waals surface area contributed by atoms with Crippen molar-refractivity contribution in [3.63, 3.8) is 0 Å². The molecule has 1 N–H and O–H groups in total. The van der Waals surface area contributed by atoms with Crippen LogP contribution in [-0.4, -0.2) is 108 Å². The number of piperazine rings is 1. The number of rotatable bonds is 6. The average molecular weight is 421 g/mol. The van der Waals surface area contributed by atoms with Crippen molar-refractivity contribution in [2.45, 2.75) is 77.9 Å². The number of nitrogens with zero attached hydrogens (tertiary/aromatic N) is 5. The van der Waals surface area contributed by atoms with E-state index in [4.69, 9.17) is 4.99 Å². The molecule has 7 nitrogen and oxygen atoms in total. The van der Waals surface area contributed by atoms with Crippen molar-refractivity contribution in [1.82, 2.24) is 24.9 Å². The third-order valence-corrected chi connectivity index (χ3v) is 7.20. The highest BCUT2D eigenvalue weighted by atomic mass is 16.2. The summed E-state index contributed by atoms with van der Waals surface area (Å²) >= 11 is 0. The number of piperidine rings is 1. The molecule has 0 saturated carbocycles. The summed E-state index contributed by atoms with van der Waals surface area (Å²) in [6, 6.07) is 1.14. The van der Waals surface area contributed by atoms with Crippen LogP contribution in [-0.2, 0) is 4.79 Å². The molecule has 3 aliphatic heterocycles. The minimum absolute atomic E-state index is 0.00890. The van der Waals surface area contributed by atoms with Crippen LogP contribution >= 0.6 is 0 Å². The molecule has 172 valence electrons. The number of carbonyl (C=O) groups is 1. The summed E-state index contributed by atoms with van der Waals surface area (Å²) in [7, 11) is 0. The molecule has 3 saturated heterocycles. The summed E-state index contributed by atoms with van der Waals surface area (Å²) in [6.07, 6.45) is 6.30. The molecule has 3 aliphatic rings. The molecule has 3 rings (SSSR count). The van der Waals surface area contributed by atoms with Gasteiger partial charge in [-0.25, -0.2) is 0 Å². The number of hydrogen-bond acceptors (Lipinski definition) is 4. The number of guanidine groups is 1. The van der Waals surface area contributed by atoms with Crippen LogP contribution in [0, 0.1) is 0 Å². The Kier molecular flexibility index (Phi) is 8.81. The highest BCUT2D eigenvalue weighted by Gasteiger charge is 2.30. The lowest BCUT2D eigenvalue weighted by Gasteiger charge is -2.40. The van der Waals surface area contributed by atoms with Gasteiger partial charge in [-0.1, -0.05) is 6.42 Å². The fourth-order valence-electron chi connectivity index (χ4n) is 5.20. The molecule has 0 aromatic heterocycles. The van der Waals surface area contributed by atoms with Crippen molar-refractivity contribution >= 4 is 11.9 Å². The molecule has 3 fully saturated rings. The van der Waals surface area contributed by atoms with Gasteiger partial charge in [-0.05, 0) is 59.9 Å². The Balaban J connectivity index is 1.51. The maximum Gasteiger partial charge on any atom is 0.239 e. The van der Waals surface area contributed by atoms with Crippen LogP contribution in [0.2, 0.25) is 0 Å². The van der Waals surface area contributed by atoms with Gasteiger partial charge in [0.25, 0.3) is 0 Å². The maximum atomic E-state index is 12.7. The van der Waals surface area contributed by atoms with E-state index in [2.05, 4.69) is 47.7 Å². The van der Waals surface area contributed by atoms with Crippen LogP contribution < -0.4 is 5.32 Å². The predicted octanol–water partition coefficient (Wildman–Crippen LogP) is 1.84. The van der Waals surface area contributed by atoms with E-state index in [-0.39, 0.29) is 6.04 Å². The first-order chi connectivity index (χ1) is 14.5. The number of aliphatic imine (C=N–C) groups is 1. The van der Waals surface area contributed by atoms with Crippen molar-refractivity contribution in [3.8, 4) is 0 Å². The van der Waals surface area contributed by atoms with Crippen LogP contribution in [0.3, 0.4) is 0 Å². The van der Waals surface area contributed by atoms with E-state index >= 15 is 0 Å². The fourth-order valence-corrected chi connectivity index (χ4v) is 5.20. The standard InChI is InChI=1S/C23H44N6O/c1-5-24-23(25-18-20(3)29-13-7-6-10-19(29)2)28-16-14-26(15-17-28)21(4)22(30)27-11-8-9-12-27/h19-21H,5-18H2,1-4H3,(H,24,25). The van der Waals surface area contributed by atoms with Crippen LogP contribution in [0.1, 0.15) is 59.8 Å². The normalized spacial score (nSPS) is 26.7. The Bertz CT molecular complexity index is 568. The lowest BCUT2D eigenvalue weighted by molar-refractivity contribution is -0.135. The van der Waals surface area contributed by atoms with Gasteiger partial charge >= 0.3 is 0 Å². The van der Waals surface area contributed by atoms with Crippen LogP contribution in [0.15, 0.2) is 4.99 Å². The number of likely N-dealkylation sites (tertiary alicyclic amines) is 2. The SMILES string of the molecule is CCNC(=NCC(C)N1CCCCC1C)N1CCN(C(C)C(=O)N2CCCC2)CC1. The fraction of sp³-hybridized carbons (Fsp3) is 0.913. The summed E-state index contributed by atoms with van der Waals surface area (Å²) in [5.74, 6) is 1.35. The van der Waals surface area contributed by atoms with Crippen LogP contribution in [0.5, 0.6) is 0 Å². The molecule has 0 aliphatic carbocycles. The third kappa shape index (κ3) is 5.88. The zero-order valence-corrected chi connectivity index (χ0v) is 19.8. The zero-order valence-electron chi connectivity index (χ0n) is 19.8. The summed E-state index contributed by atoms with van der Waals surface area (Å²) in [5, 5.41) is 3.50. The number of amides is 1. The molecule has 0 aromatic carbocycles. The molecule has 0 spiro atoms. The van der Waals surface area contributed by atoms with Gasteiger partial charge in [0.05, 0.1) is 12.6 Å². The molecule has 0 radical (unpaired) electrons. The summed E-state index contributed by atoms with van der Waals surface area (Å²) in [5.41, 5.74) is 0. The smallest absolute Gasteiger partial charge is 0.239 e. The predicted molar refractivity (Wildman–Crippen MR) is 124 cm³/mol. The first kappa shape index (κ1) is 23.3. The molecule has 3 heterocycles. The quantitative estimate of drug-likeness (QED) is 0.525. The Labute approximate surface area is 183 Å². The Hall–Kier alpha value is -1.34. The summed E-state index contributed by atoms with van der Waals surface area (Å²) < 4.78 is 0. The monoisotopic (exact) mass is 420 g/mol. The van der Waals surface area contributed by atoms with E-state index < -0.39 is 0 Å². The van der Waals surface area contributed by atoms with Crippen molar-refractivity contribution in [2.24, 2.45) is 4.99 Å². The van der Waals surface area contributed by atoms with Gasteiger partial charge in [-0.3, -0.25) is 19.6 Å². The minimum Gasteiger partial charge on any atom is -0.357 e. The van der Waals surface area contributed by atoms with Gasteiger partial charge in [-0.15, -0.1) is 0 Å². The molecule has 30 heavy (non-hydrogen) atoms. The lowest BCUT2D eigenvalue weighted by atomic mass is 10.0. The average Bonchev–Trinajstić information content (AvgIpc) is 3.31. The largest absolute Gasteiger partial charge is 0.357 e. The highest BCUT2D eigenvalue weighted by molar-refractivity contribution is 5.82. The molecule has 0 bridgehead atoms. The van der Waals surface area contributed by atoms with Crippen molar-refractivity contribution in [1.29, 1.82) is 0 Å². The number of nitrogens with one attached hydrogen (secondary N) is 1. The van der Waals surface area contributed by atoms with Gasteiger partial charge in [0, 0.05) is 57.9 Å². The summed E-state index contributed by atoms with van der Waals surface area (Å²) in [4.78, 5) is 27.2. The van der Waals surface area contributed by atoms with Gasteiger partial charge in [0.15, 0.2) is 5.96 Å². The second-order valence-corrected chi connectivity index (χ2v) is 9.36. The van der Waals surface area contributed by atoms with Crippen LogP contribution in [0.25, 0.3) is 0 Å². The van der Waals surface area contributed by atoms with Crippen LogP contribution in [0.4, 0.5) is 0 Å².